The second-order valence-electron chi connectivity index (χ2n) is 4.61. The van der Waals surface area contributed by atoms with E-state index < -0.39 is 42.4 Å². The van der Waals surface area contributed by atoms with Gasteiger partial charge in [0.05, 0.1) is 18.4 Å². The van der Waals surface area contributed by atoms with Crippen molar-refractivity contribution in [3.05, 3.63) is 32.6 Å². The van der Waals surface area contributed by atoms with Gasteiger partial charge in [0.15, 0.2) is 6.23 Å². The highest BCUT2D eigenvalue weighted by atomic mass is 16.6. The molecule has 3 N–H and O–H groups in total. The Morgan fingerprint density at radius 1 is 1.50 bits per heavy atom. The van der Waals surface area contributed by atoms with Crippen LogP contribution in [-0.2, 0) is 14.3 Å². The summed E-state index contributed by atoms with van der Waals surface area (Å²) in [6.07, 6.45) is -1.55. The number of methoxy groups -OCH3 is 1. The first-order valence-electron chi connectivity index (χ1n) is 6.42. The molecule has 122 valence electrons. The Kier molecular flexibility index (Phi) is 5.08. The van der Waals surface area contributed by atoms with E-state index in [9.17, 15) is 19.8 Å². The van der Waals surface area contributed by atoms with Crippen molar-refractivity contribution >= 4 is 6.21 Å². The summed E-state index contributed by atoms with van der Waals surface area (Å²) in [6, 6.07) is 0. The Morgan fingerprint density at radius 2 is 2.23 bits per heavy atom. The standard InChI is InChI=1S/C12H17N3O7/c1-20-9-8(17)7(5-16)22-11(9)15-4-6(3-13-21-2)10(18)14-12(15)19/h3-4,7-9,11,16-17H,5H2,1-2H3,(H,14,18,19)/t7-,8-,9-,11-/m1/s1. The highest BCUT2D eigenvalue weighted by molar-refractivity contribution is 5.77. The van der Waals surface area contributed by atoms with Crippen molar-refractivity contribution in [3.63, 3.8) is 0 Å². The number of oxime groups is 1. The summed E-state index contributed by atoms with van der Waals surface area (Å²) in [5.74, 6) is 0. The molecule has 0 saturated carbocycles. The third-order valence-electron chi connectivity index (χ3n) is 3.33. The number of aromatic nitrogens is 2. The molecule has 2 rings (SSSR count). The molecule has 1 aromatic rings. The Labute approximate surface area is 124 Å². The summed E-state index contributed by atoms with van der Waals surface area (Å²) >= 11 is 0. The largest absolute Gasteiger partial charge is 0.399 e. The van der Waals surface area contributed by atoms with Gasteiger partial charge in [-0.2, -0.15) is 0 Å². The molecule has 0 bridgehead atoms. The fraction of sp³-hybridized carbons (Fsp3) is 0.583. The van der Waals surface area contributed by atoms with Crippen LogP contribution in [0.5, 0.6) is 0 Å². The average molecular weight is 315 g/mol. The lowest BCUT2D eigenvalue weighted by molar-refractivity contribution is -0.0625. The highest BCUT2D eigenvalue weighted by Crippen LogP contribution is 2.30. The van der Waals surface area contributed by atoms with E-state index in [0.29, 0.717) is 0 Å². The lowest BCUT2D eigenvalue weighted by atomic mass is 10.1. The molecule has 10 nitrogen and oxygen atoms in total. The summed E-state index contributed by atoms with van der Waals surface area (Å²) in [4.78, 5) is 30.2. The van der Waals surface area contributed by atoms with Gasteiger partial charge in [-0.3, -0.25) is 14.3 Å². The van der Waals surface area contributed by atoms with Crippen molar-refractivity contribution in [2.24, 2.45) is 5.16 Å². The summed E-state index contributed by atoms with van der Waals surface area (Å²) in [5.41, 5.74) is -1.33. The first-order valence-corrected chi connectivity index (χ1v) is 6.42. The summed E-state index contributed by atoms with van der Waals surface area (Å²) in [5, 5.41) is 22.6. The third kappa shape index (κ3) is 2.95. The molecule has 2 heterocycles. The van der Waals surface area contributed by atoms with E-state index in [0.717, 1.165) is 10.8 Å². The minimum atomic E-state index is -1.12. The number of rotatable bonds is 5. The SMILES string of the molecule is CON=Cc1cn([C@@H]2O[C@H](CO)[C@@H](O)[C@H]2OC)c(=O)[nH]c1=O. The van der Waals surface area contributed by atoms with Gasteiger partial charge < -0.3 is 24.5 Å². The number of H-pyrrole nitrogens is 1. The van der Waals surface area contributed by atoms with Crippen molar-refractivity contribution in [2.45, 2.75) is 24.5 Å². The Morgan fingerprint density at radius 3 is 2.82 bits per heavy atom. The van der Waals surface area contributed by atoms with Crippen molar-refractivity contribution in [2.75, 3.05) is 20.8 Å². The predicted octanol–water partition coefficient (Wildman–Crippen LogP) is -2.22. The number of aromatic amines is 1. The van der Waals surface area contributed by atoms with Gasteiger partial charge in [0.25, 0.3) is 5.56 Å². The van der Waals surface area contributed by atoms with Gasteiger partial charge in [-0.25, -0.2) is 4.79 Å². The first kappa shape index (κ1) is 16.4. The molecule has 1 aliphatic rings. The molecule has 0 aromatic carbocycles. The van der Waals surface area contributed by atoms with Crippen molar-refractivity contribution in [1.29, 1.82) is 0 Å². The van der Waals surface area contributed by atoms with E-state index in [-0.39, 0.29) is 5.56 Å². The van der Waals surface area contributed by atoms with E-state index in [2.05, 4.69) is 15.0 Å². The zero-order valence-corrected chi connectivity index (χ0v) is 12.0. The maximum Gasteiger partial charge on any atom is 0.330 e. The van der Waals surface area contributed by atoms with Gasteiger partial charge in [0, 0.05) is 13.3 Å². The molecule has 22 heavy (non-hydrogen) atoms. The van der Waals surface area contributed by atoms with Crippen LogP contribution in [-0.4, -0.2) is 65.1 Å². The van der Waals surface area contributed by atoms with E-state index in [1.807, 2.05) is 0 Å². The average Bonchev–Trinajstić information content (AvgIpc) is 2.82. The zero-order valence-electron chi connectivity index (χ0n) is 12.0. The van der Waals surface area contributed by atoms with Crippen LogP contribution in [0.15, 0.2) is 20.9 Å². The fourth-order valence-corrected chi connectivity index (χ4v) is 2.24. The van der Waals surface area contributed by atoms with Crippen LogP contribution in [0.3, 0.4) is 0 Å². The number of aliphatic hydroxyl groups is 2. The number of ether oxygens (including phenoxy) is 2. The molecule has 0 amide bonds. The fourth-order valence-electron chi connectivity index (χ4n) is 2.24. The molecular formula is C12H17N3O7. The third-order valence-corrected chi connectivity index (χ3v) is 3.33. The molecule has 10 heteroatoms. The summed E-state index contributed by atoms with van der Waals surface area (Å²) in [6.45, 7) is -0.437. The normalized spacial score (nSPS) is 28.4. The van der Waals surface area contributed by atoms with E-state index in [1.54, 1.807) is 0 Å². The Balaban J connectivity index is 2.45. The Hall–Kier alpha value is -2.01. The number of aliphatic hydroxyl groups excluding tert-OH is 2. The molecule has 0 radical (unpaired) electrons. The number of nitrogens with zero attached hydrogens (tertiary/aromatic N) is 2. The topological polar surface area (TPSA) is 135 Å². The molecule has 0 unspecified atom stereocenters. The van der Waals surface area contributed by atoms with Crippen molar-refractivity contribution in [1.82, 2.24) is 9.55 Å². The lowest BCUT2D eigenvalue weighted by Crippen LogP contribution is -2.39. The van der Waals surface area contributed by atoms with Gasteiger partial charge in [-0.1, -0.05) is 5.16 Å². The molecule has 1 aliphatic heterocycles. The minimum absolute atomic E-state index is 0.0573. The molecule has 4 atom stereocenters. The second-order valence-corrected chi connectivity index (χ2v) is 4.61. The lowest BCUT2D eigenvalue weighted by Gasteiger charge is -2.20. The van der Waals surface area contributed by atoms with Gasteiger partial charge in [-0.15, -0.1) is 0 Å². The van der Waals surface area contributed by atoms with Crippen molar-refractivity contribution < 1.29 is 24.5 Å². The summed E-state index contributed by atoms with van der Waals surface area (Å²) in [7, 11) is 2.65. The Bertz CT molecular complexity index is 653. The van der Waals surface area contributed by atoms with Gasteiger partial charge in [-0.05, 0) is 0 Å². The summed E-state index contributed by atoms with van der Waals surface area (Å²) < 4.78 is 11.6. The number of hydrogen-bond acceptors (Lipinski definition) is 8. The maximum atomic E-state index is 12.0. The van der Waals surface area contributed by atoms with Crippen LogP contribution in [0.1, 0.15) is 11.8 Å². The zero-order chi connectivity index (χ0) is 16.3. The number of nitrogens with one attached hydrogen (secondary N) is 1. The van der Waals surface area contributed by atoms with Crippen LogP contribution in [0, 0.1) is 0 Å². The molecule has 0 spiro atoms. The van der Waals surface area contributed by atoms with Crippen LogP contribution < -0.4 is 11.2 Å². The molecular weight excluding hydrogens is 298 g/mol. The quantitative estimate of drug-likeness (QED) is 0.414. The smallest absolute Gasteiger partial charge is 0.330 e. The highest BCUT2D eigenvalue weighted by Gasteiger charge is 2.45. The van der Waals surface area contributed by atoms with Crippen LogP contribution in [0.4, 0.5) is 0 Å². The predicted molar refractivity (Wildman–Crippen MR) is 73.7 cm³/mol. The van der Waals surface area contributed by atoms with E-state index >= 15 is 0 Å². The van der Waals surface area contributed by atoms with Crippen LogP contribution in [0.2, 0.25) is 0 Å². The van der Waals surface area contributed by atoms with Gasteiger partial charge in [0.1, 0.15) is 25.4 Å². The second kappa shape index (κ2) is 6.83. The van der Waals surface area contributed by atoms with Crippen LogP contribution >= 0.6 is 0 Å². The molecule has 1 aromatic heterocycles. The molecule has 1 saturated heterocycles. The molecule has 1 fully saturated rings. The first-order chi connectivity index (χ1) is 10.5. The maximum absolute atomic E-state index is 12.0. The van der Waals surface area contributed by atoms with E-state index in [4.69, 9.17) is 9.47 Å². The van der Waals surface area contributed by atoms with Crippen LogP contribution in [0.25, 0.3) is 0 Å². The monoisotopic (exact) mass is 315 g/mol. The van der Waals surface area contributed by atoms with Crippen molar-refractivity contribution in [3.8, 4) is 0 Å². The molecule has 0 aliphatic carbocycles. The van der Waals surface area contributed by atoms with Gasteiger partial charge in [0.2, 0.25) is 0 Å². The van der Waals surface area contributed by atoms with E-state index in [1.165, 1.54) is 20.4 Å². The van der Waals surface area contributed by atoms with Gasteiger partial charge >= 0.3 is 5.69 Å². The number of hydrogen-bond donors (Lipinski definition) is 3. The minimum Gasteiger partial charge on any atom is -0.399 e.